The number of thioether (sulfide) groups is 1. The highest BCUT2D eigenvalue weighted by atomic mass is 32.2. The summed E-state index contributed by atoms with van der Waals surface area (Å²) in [4.78, 5) is 15.3. The average Bonchev–Trinajstić information content (AvgIpc) is 2.97. The summed E-state index contributed by atoms with van der Waals surface area (Å²) < 4.78 is 0.573. The molecule has 1 amide bonds. The van der Waals surface area contributed by atoms with Gasteiger partial charge in [0.15, 0.2) is 4.32 Å². The number of anilines is 1. The van der Waals surface area contributed by atoms with Gasteiger partial charge in [-0.2, -0.15) is 0 Å². The van der Waals surface area contributed by atoms with E-state index in [1.807, 2.05) is 62.4 Å². The summed E-state index contributed by atoms with van der Waals surface area (Å²) in [6.45, 7) is 4.05. The van der Waals surface area contributed by atoms with Gasteiger partial charge in [0.2, 0.25) is 0 Å². The largest absolute Gasteiger partial charge is 0.270 e. The molecule has 0 aromatic heterocycles. The summed E-state index contributed by atoms with van der Waals surface area (Å²) in [6, 6.07) is 24.5. The second-order valence-corrected chi connectivity index (χ2v) is 8.47. The molecule has 1 aliphatic rings. The number of aryl methyl sites for hydroxylation is 2. The van der Waals surface area contributed by atoms with Gasteiger partial charge in [-0.25, -0.2) is 0 Å². The van der Waals surface area contributed by atoms with E-state index in [1.165, 1.54) is 22.9 Å². The summed E-state index contributed by atoms with van der Waals surface area (Å²) >= 11 is 6.85. The smallest absolute Gasteiger partial charge is 0.268 e. The summed E-state index contributed by atoms with van der Waals surface area (Å²) in [6.07, 6.45) is 1.91. The molecular weight excluding hydrogens is 382 g/mol. The zero-order chi connectivity index (χ0) is 19.7. The molecule has 0 spiro atoms. The van der Waals surface area contributed by atoms with Gasteiger partial charge in [0.05, 0.1) is 10.6 Å². The van der Waals surface area contributed by atoms with Crippen LogP contribution in [0, 0.1) is 13.8 Å². The van der Waals surface area contributed by atoms with E-state index in [-0.39, 0.29) is 5.91 Å². The standard InChI is InChI=1S/C24H19NOS2/c1-16-8-13-21(17(2)14-16)25-23(26)22(28-24(25)27)15-18-9-11-20(12-10-18)19-6-4-3-5-7-19/h3-15H,1-2H3/b22-15-. The van der Waals surface area contributed by atoms with E-state index >= 15 is 0 Å². The van der Waals surface area contributed by atoms with Gasteiger partial charge >= 0.3 is 0 Å². The van der Waals surface area contributed by atoms with Gasteiger partial charge in [-0.15, -0.1) is 0 Å². The molecule has 0 saturated carbocycles. The van der Waals surface area contributed by atoms with E-state index < -0.39 is 0 Å². The van der Waals surface area contributed by atoms with Crippen molar-refractivity contribution in [2.75, 3.05) is 4.90 Å². The van der Waals surface area contributed by atoms with Crippen molar-refractivity contribution >= 4 is 46.0 Å². The molecule has 138 valence electrons. The molecule has 1 saturated heterocycles. The summed E-state index contributed by atoms with van der Waals surface area (Å²) in [5, 5.41) is 0. The fourth-order valence-corrected chi connectivity index (χ4v) is 4.57. The number of nitrogens with zero attached hydrogens (tertiary/aromatic N) is 1. The molecule has 4 rings (SSSR count). The van der Waals surface area contributed by atoms with Crippen LogP contribution in [0.1, 0.15) is 16.7 Å². The third-order valence-corrected chi connectivity index (χ3v) is 6.00. The lowest BCUT2D eigenvalue weighted by Gasteiger charge is -2.17. The van der Waals surface area contributed by atoms with Crippen LogP contribution in [0.5, 0.6) is 0 Å². The SMILES string of the molecule is Cc1ccc(N2C(=O)/C(=C/c3ccc(-c4ccccc4)cc3)SC2=S)c(C)c1. The van der Waals surface area contributed by atoms with Crippen LogP contribution in [0.15, 0.2) is 77.7 Å². The highest BCUT2D eigenvalue weighted by Crippen LogP contribution is 2.37. The third-order valence-electron chi connectivity index (χ3n) is 4.70. The zero-order valence-electron chi connectivity index (χ0n) is 15.7. The first-order valence-corrected chi connectivity index (χ1v) is 10.3. The van der Waals surface area contributed by atoms with Crippen molar-refractivity contribution in [3.63, 3.8) is 0 Å². The maximum absolute atomic E-state index is 13.0. The van der Waals surface area contributed by atoms with Gasteiger partial charge in [-0.3, -0.25) is 9.69 Å². The van der Waals surface area contributed by atoms with Crippen LogP contribution < -0.4 is 4.90 Å². The first-order valence-electron chi connectivity index (χ1n) is 9.03. The predicted octanol–water partition coefficient (Wildman–Crippen LogP) is 6.38. The van der Waals surface area contributed by atoms with E-state index in [0.717, 1.165) is 22.4 Å². The highest BCUT2D eigenvalue weighted by molar-refractivity contribution is 8.27. The minimum Gasteiger partial charge on any atom is -0.268 e. The van der Waals surface area contributed by atoms with Crippen LogP contribution >= 0.6 is 24.0 Å². The summed E-state index contributed by atoms with van der Waals surface area (Å²) in [5.41, 5.74) is 6.39. The van der Waals surface area contributed by atoms with Crippen molar-refractivity contribution in [3.8, 4) is 11.1 Å². The molecule has 0 bridgehead atoms. The van der Waals surface area contributed by atoms with E-state index in [4.69, 9.17) is 12.2 Å². The second-order valence-electron chi connectivity index (χ2n) is 6.80. The Morgan fingerprint density at radius 2 is 1.57 bits per heavy atom. The fraction of sp³-hybridized carbons (Fsp3) is 0.0833. The van der Waals surface area contributed by atoms with Gasteiger partial charge < -0.3 is 0 Å². The first kappa shape index (κ1) is 18.7. The molecule has 0 unspecified atom stereocenters. The topological polar surface area (TPSA) is 20.3 Å². The lowest BCUT2D eigenvalue weighted by atomic mass is 10.0. The Hall–Kier alpha value is -2.69. The van der Waals surface area contributed by atoms with Crippen molar-refractivity contribution in [1.29, 1.82) is 0 Å². The molecule has 1 fully saturated rings. The quantitative estimate of drug-likeness (QED) is 0.375. The van der Waals surface area contributed by atoms with Crippen molar-refractivity contribution in [2.45, 2.75) is 13.8 Å². The van der Waals surface area contributed by atoms with Crippen LogP contribution in [0.3, 0.4) is 0 Å². The van der Waals surface area contributed by atoms with Gasteiger partial charge in [0.25, 0.3) is 5.91 Å². The maximum atomic E-state index is 13.0. The minimum absolute atomic E-state index is 0.0610. The summed E-state index contributed by atoms with van der Waals surface area (Å²) in [5.74, 6) is -0.0610. The Labute approximate surface area is 174 Å². The van der Waals surface area contributed by atoms with Crippen molar-refractivity contribution in [1.82, 2.24) is 0 Å². The number of rotatable bonds is 3. The zero-order valence-corrected chi connectivity index (χ0v) is 17.3. The number of hydrogen-bond donors (Lipinski definition) is 0. The molecule has 28 heavy (non-hydrogen) atoms. The molecule has 0 atom stereocenters. The third kappa shape index (κ3) is 3.66. The number of hydrogen-bond acceptors (Lipinski definition) is 3. The Morgan fingerprint density at radius 1 is 0.893 bits per heavy atom. The molecule has 3 aromatic carbocycles. The number of thiocarbonyl (C=S) groups is 1. The van der Waals surface area contributed by atoms with E-state index in [2.05, 4.69) is 30.3 Å². The fourth-order valence-electron chi connectivity index (χ4n) is 3.29. The Kier molecular flexibility index (Phi) is 5.16. The maximum Gasteiger partial charge on any atom is 0.270 e. The lowest BCUT2D eigenvalue weighted by molar-refractivity contribution is -0.113. The normalized spacial score (nSPS) is 15.5. The Bertz CT molecular complexity index is 1090. The highest BCUT2D eigenvalue weighted by Gasteiger charge is 2.33. The van der Waals surface area contributed by atoms with E-state index in [0.29, 0.717) is 9.23 Å². The van der Waals surface area contributed by atoms with Gasteiger partial charge in [-0.05, 0) is 48.2 Å². The molecular formula is C24H19NOS2. The van der Waals surface area contributed by atoms with Crippen LogP contribution in [0.25, 0.3) is 17.2 Å². The molecule has 1 aliphatic heterocycles. The van der Waals surface area contributed by atoms with Gasteiger partial charge in [0.1, 0.15) is 0 Å². The van der Waals surface area contributed by atoms with E-state index in [9.17, 15) is 4.79 Å². The molecule has 3 aromatic rings. The van der Waals surface area contributed by atoms with E-state index in [1.54, 1.807) is 4.90 Å². The molecule has 0 N–H and O–H groups in total. The number of amides is 1. The second kappa shape index (κ2) is 7.74. The monoisotopic (exact) mass is 401 g/mol. The number of carbonyl (C=O) groups excluding carboxylic acids is 1. The van der Waals surface area contributed by atoms with Crippen LogP contribution in [0.4, 0.5) is 5.69 Å². The first-order chi connectivity index (χ1) is 13.5. The van der Waals surface area contributed by atoms with Crippen LogP contribution in [-0.4, -0.2) is 10.2 Å². The van der Waals surface area contributed by atoms with Crippen molar-refractivity contribution in [2.24, 2.45) is 0 Å². The minimum atomic E-state index is -0.0610. The van der Waals surface area contributed by atoms with Gasteiger partial charge in [-0.1, -0.05) is 96.3 Å². The predicted molar refractivity (Wildman–Crippen MR) is 123 cm³/mol. The molecule has 2 nitrogen and oxygen atoms in total. The Morgan fingerprint density at radius 3 is 2.25 bits per heavy atom. The lowest BCUT2D eigenvalue weighted by Crippen LogP contribution is -2.28. The van der Waals surface area contributed by atoms with Crippen molar-refractivity contribution < 1.29 is 4.79 Å². The van der Waals surface area contributed by atoms with Gasteiger partial charge in [0, 0.05) is 0 Å². The number of carbonyl (C=O) groups is 1. The molecule has 0 radical (unpaired) electrons. The summed E-state index contributed by atoms with van der Waals surface area (Å²) in [7, 11) is 0. The molecule has 4 heteroatoms. The Balaban J connectivity index is 1.60. The number of benzene rings is 3. The van der Waals surface area contributed by atoms with Crippen LogP contribution in [-0.2, 0) is 4.79 Å². The molecule has 1 heterocycles. The van der Waals surface area contributed by atoms with Crippen molar-refractivity contribution in [3.05, 3.63) is 94.4 Å². The molecule has 0 aliphatic carbocycles. The van der Waals surface area contributed by atoms with Crippen LogP contribution in [0.2, 0.25) is 0 Å². The average molecular weight is 402 g/mol.